The maximum absolute atomic E-state index is 6.25. The molecule has 4 heteroatoms. The Balaban J connectivity index is 2.20. The first-order chi connectivity index (χ1) is 8.27. The van der Waals surface area contributed by atoms with Gasteiger partial charge in [-0.1, -0.05) is 12.8 Å². The first kappa shape index (κ1) is 11.0. The first-order valence-corrected chi connectivity index (χ1v) is 6.67. The van der Waals surface area contributed by atoms with E-state index in [1.807, 2.05) is 25.4 Å². The van der Waals surface area contributed by atoms with Crippen molar-refractivity contribution in [2.75, 3.05) is 0 Å². The number of aromatic nitrogens is 3. The Labute approximate surface area is 106 Å². The SMILES string of the molecule is CC(Cl)c1nc2cnccc2n1C1CCCC1. The van der Waals surface area contributed by atoms with Crippen LogP contribution in [0.15, 0.2) is 18.5 Å². The topological polar surface area (TPSA) is 30.7 Å². The van der Waals surface area contributed by atoms with E-state index < -0.39 is 0 Å². The summed E-state index contributed by atoms with van der Waals surface area (Å²) in [7, 11) is 0. The third-order valence-electron chi connectivity index (χ3n) is 3.56. The van der Waals surface area contributed by atoms with Crippen LogP contribution in [0.2, 0.25) is 0 Å². The zero-order chi connectivity index (χ0) is 11.8. The second-order valence-electron chi connectivity index (χ2n) is 4.76. The Hall–Kier alpha value is -1.09. The molecule has 1 atom stereocenters. The molecule has 1 unspecified atom stereocenters. The van der Waals surface area contributed by atoms with Gasteiger partial charge in [-0.05, 0) is 25.8 Å². The van der Waals surface area contributed by atoms with Crippen molar-refractivity contribution >= 4 is 22.6 Å². The lowest BCUT2D eigenvalue weighted by Crippen LogP contribution is -2.09. The van der Waals surface area contributed by atoms with Gasteiger partial charge in [-0.15, -0.1) is 11.6 Å². The van der Waals surface area contributed by atoms with Crippen molar-refractivity contribution in [3.05, 3.63) is 24.3 Å². The number of hydrogen-bond donors (Lipinski definition) is 0. The highest BCUT2D eigenvalue weighted by Gasteiger charge is 2.24. The monoisotopic (exact) mass is 249 g/mol. The van der Waals surface area contributed by atoms with Gasteiger partial charge in [-0.25, -0.2) is 4.98 Å². The van der Waals surface area contributed by atoms with E-state index in [9.17, 15) is 0 Å². The van der Waals surface area contributed by atoms with Crippen molar-refractivity contribution in [3.63, 3.8) is 0 Å². The van der Waals surface area contributed by atoms with Crippen LogP contribution in [0.3, 0.4) is 0 Å². The highest BCUT2D eigenvalue weighted by atomic mass is 35.5. The van der Waals surface area contributed by atoms with E-state index in [1.165, 1.54) is 31.2 Å². The minimum absolute atomic E-state index is 0.0528. The lowest BCUT2D eigenvalue weighted by Gasteiger charge is -2.17. The minimum Gasteiger partial charge on any atom is -0.324 e. The van der Waals surface area contributed by atoms with Crippen molar-refractivity contribution in [2.24, 2.45) is 0 Å². The molecule has 2 aromatic rings. The molecule has 1 saturated carbocycles. The largest absolute Gasteiger partial charge is 0.324 e. The van der Waals surface area contributed by atoms with Gasteiger partial charge in [0.1, 0.15) is 11.3 Å². The molecule has 1 aliphatic carbocycles. The smallest absolute Gasteiger partial charge is 0.128 e. The van der Waals surface area contributed by atoms with E-state index in [-0.39, 0.29) is 5.38 Å². The summed E-state index contributed by atoms with van der Waals surface area (Å²) in [6, 6.07) is 2.61. The average molecular weight is 250 g/mol. The summed E-state index contributed by atoms with van der Waals surface area (Å²) >= 11 is 6.25. The van der Waals surface area contributed by atoms with Gasteiger partial charge < -0.3 is 4.57 Å². The molecule has 1 aliphatic rings. The first-order valence-electron chi connectivity index (χ1n) is 6.23. The van der Waals surface area contributed by atoms with Crippen LogP contribution >= 0.6 is 11.6 Å². The lowest BCUT2D eigenvalue weighted by molar-refractivity contribution is 0.510. The molecular weight excluding hydrogens is 234 g/mol. The maximum Gasteiger partial charge on any atom is 0.128 e. The van der Waals surface area contributed by atoms with Crippen molar-refractivity contribution in [3.8, 4) is 0 Å². The molecule has 1 fully saturated rings. The number of hydrogen-bond acceptors (Lipinski definition) is 2. The molecule has 0 saturated heterocycles. The Kier molecular flexibility index (Phi) is 2.79. The molecular formula is C13H16ClN3. The van der Waals surface area contributed by atoms with E-state index in [2.05, 4.69) is 14.5 Å². The molecule has 0 bridgehead atoms. The highest BCUT2D eigenvalue weighted by molar-refractivity contribution is 6.20. The number of pyridine rings is 1. The molecule has 0 N–H and O–H groups in total. The zero-order valence-corrected chi connectivity index (χ0v) is 10.7. The third kappa shape index (κ3) is 1.82. The van der Waals surface area contributed by atoms with E-state index in [4.69, 9.17) is 11.6 Å². The highest BCUT2D eigenvalue weighted by Crippen LogP contribution is 2.35. The summed E-state index contributed by atoms with van der Waals surface area (Å²) < 4.78 is 2.34. The Morgan fingerprint density at radius 2 is 2.18 bits per heavy atom. The van der Waals surface area contributed by atoms with Crippen molar-refractivity contribution in [1.82, 2.24) is 14.5 Å². The second kappa shape index (κ2) is 4.30. The Bertz CT molecular complexity index is 526. The van der Waals surface area contributed by atoms with Gasteiger partial charge in [-0.3, -0.25) is 4.98 Å². The van der Waals surface area contributed by atoms with Gasteiger partial charge in [0.15, 0.2) is 0 Å². The van der Waals surface area contributed by atoms with Crippen LogP contribution in [-0.2, 0) is 0 Å². The Morgan fingerprint density at radius 3 is 2.88 bits per heavy atom. The summed E-state index contributed by atoms with van der Waals surface area (Å²) in [5.41, 5.74) is 2.14. The second-order valence-corrected chi connectivity index (χ2v) is 5.41. The van der Waals surface area contributed by atoms with Crippen LogP contribution in [0.4, 0.5) is 0 Å². The van der Waals surface area contributed by atoms with Crippen LogP contribution in [0, 0.1) is 0 Å². The molecule has 2 heterocycles. The number of halogens is 1. The zero-order valence-electron chi connectivity index (χ0n) is 9.93. The predicted molar refractivity (Wildman–Crippen MR) is 69.3 cm³/mol. The molecule has 3 rings (SSSR count). The van der Waals surface area contributed by atoms with Crippen LogP contribution in [-0.4, -0.2) is 14.5 Å². The van der Waals surface area contributed by atoms with Gasteiger partial charge in [0.05, 0.1) is 17.1 Å². The van der Waals surface area contributed by atoms with Crippen LogP contribution in [0.25, 0.3) is 11.0 Å². The quantitative estimate of drug-likeness (QED) is 0.757. The van der Waals surface area contributed by atoms with Gasteiger partial charge in [0.25, 0.3) is 0 Å². The van der Waals surface area contributed by atoms with Crippen molar-refractivity contribution in [1.29, 1.82) is 0 Å². The molecule has 3 nitrogen and oxygen atoms in total. The van der Waals surface area contributed by atoms with E-state index in [0.29, 0.717) is 6.04 Å². The standard InChI is InChI=1S/C13H16ClN3/c1-9(14)13-16-11-8-15-7-6-12(11)17(13)10-4-2-3-5-10/h6-10H,2-5H2,1H3. The fourth-order valence-electron chi connectivity index (χ4n) is 2.80. The van der Waals surface area contributed by atoms with Crippen LogP contribution in [0.5, 0.6) is 0 Å². The number of fused-ring (bicyclic) bond motifs is 1. The fraction of sp³-hybridized carbons (Fsp3) is 0.538. The summed E-state index contributed by atoms with van der Waals surface area (Å²) in [6.07, 6.45) is 8.76. The van der Waals surface area contributed by atoms with Gasteiger partial charge in [0.2, 0.25) is 0 Å². The predicted octanol–water partition coefficient (Wildman–Crippen LogP) is 3.85. The van der Waals surface area contributed by atoms with Crippen molar-refractivity contribution < 1.29 is 0 Å². The summed E-state index contributed by atoms with van der Waals surface area (Å²) in [5, 5.41) is -0.0528. The van der Waals surface area contributed by atoms with Crippen molar-refractivity contribution in [2.45, 2.75) is 44.0 Å². The fourth-order valence-corrected chi connectivity index (χ4v) is 2.95. The van der Waals surface area contributed by atoms with Crippen LogP contribution < -0.4 is 0 Å². The molecule has 0 aromatic carbocycles. The van der Waals surface area contributed by atoms with E-state index in [0.717, 1.165) is 11.3 Å². The van der Waals surface area contributed by atoms with Gasteiger partial charge in [-0.2, -0.15) is 0 Å². The molecule has 0 radical (unpaired) electrons. The molecule has 0 aliphatic heterocycles. The average Bonchev–Trinajstić information content (AvgIpc) is 2.94. The van der Waals surface area contributed by atoms with Crippen LogP contribution in [0.1, 0.15) is 49.9 Å². The number of alkyl halides is 1. The summed E-state index contributed by atoms with van der Waals surface area (Å²) in [4.78, 5) is 8.76. The number of nitrogens with zero attached hydrogens (tertiary/aromatic N) is 3. The molecule has 17 heavy (non-hydrogen) atoms. The van der Waals surface area contributed by atoms with Gasteiger partial charge >= 0.3 is 0 Å². The molecule has 0 spiro atoms. The van der Waals surface area contributed by atoms with E-state index >= 15 is 0 Å². The number of rotatable bonds is 2. The minimum atomic E-state index is -0.0528. The molecule has 0 amide bonds. The number of imidazole rings is 1. The summed E-state index contributed by atoms with van der Waals surface area (Å²) in [6.45, 7) is 1.99. The van der Waals surface area contributed by atoms with Gasteiger partial charge in [0, 0.05) is 12.2 Å². The van der Waals surface area contributed by atoms with E-state index in [1.54, 1.807) is 0 Å². The Morgan fingerprint density at radius 1 is 1.41 bits per heavy atom. The maximum atomic E-state index is 6.25. The summed E-state index contributed by atoms with van der Waals surface area (Å²) in [5.74, 6) is 0.988. The third-order valence-corrected chi connectivity index (χ3v) is 3.76. The normalized spacial score (nSPS) is 18.9. The lowest BCUT2D eigenvalue weighted by atomic mass is 10.2. The molecule has 2 aromatic heterocycles. The molecule has 90 valence electrons.